The molecule has 1 aliphatic heterocycles. The standard InChI is InChI=1S/C18H26N2O4.ClH/c1-12-17(19-10-11-23-12)18(22)20-13-6-8-14(9-7-13)24-16-5-3-2-4-15(16)21;/h6-9,12,15-17,19,21H,2-5,10-11H2,1H3,(H,20,22);1H/t12-,15?,16?,17+;/m1./s1. The number of anilines is 1. The summed E-state index contributed by atoms with van der Waals surface area (Å²) in [5.41, 5.74) is 0.719. The number of nitrogens with one attached hydrogen (secondary N) is 2. The number of amides is 1. The number of benzene rings is 1. The molecule has 7 heteroatoms. The van der Waals surface area contributed by atoms with E-state index in [0.717, 1.165) is 31.4 Å². The Morgan fingerprint density at radius 1 is 1.28 bits per heavy atom. The summed E-state index contributed by atoms with van der Waals surface area (Å²) in [7, 11) is 0. The van der Waals surface area contributed by atoms with Gasteiger partial charge in [0.2, 0.25) is 5.91 Å². The highest BCUT2D eigenvalue weighted by atomic mass is 35.5. The smallest absolute Gasteiger partial charge is 0.244 e. The third-order valence-electron chi connectivity index (χ3n) is 4.68. The Bertz CT molecular complexity index is 555. The zero-order chi connectivity index (χ0) is 16.9. The molecule has 0 bridgehead atoms. The molecule has 2 fully saturated rings. The van der Waals surface area contributed by atoms with Gasteiger partial charge >= 0.3 is 0 Å². The van der Waals surface area contributed by atoms with E-state index >= 15 is 0 Å². The fourth-order valence-corrected chi connectivity index (χ4v) is 3.25. The van der Waals surface area contributed by atoms with Gasteiger partial charge in [0.1, 0.15) is 17.9 Å². The van der Waals surface area contributed by atoms with E-state index in [1.165, 1.54) is 0 Å². The molecule has 3 N–H and O–H groups in total. The van der Waals surface area contributed by atoms with Crippen molar-refractivity contribution in [3.05, 3.63) is 24.3 Å². The highest BCUT2D eigenvalue weighted by Gasteiger charge is 2.28. The number of rotatable bonds is 4. The number of hydrogen-bond donors (Lipinski definition) is 3. The zero-order valence-electron chi connectivity index (χ0n) is 14.4. The van der Waals surface area contributed by atoms with Crippen LogP contribution in [0.15, 0.2) is 24.3 Å². The molecule has 0 aromatic heterocycles. The second-order valence-corrected chi connectivity index (χ2v) is 6.53. The third kappa shape index (κ3) is 5.31. The number of ether oxygens (including phenoxy) is 2. The minimum atomic E-state index is -0.392. The summed E-state index contributed by atoms with van der Waals surface area (Å²) < 4.78 is 11.4. The van der Waals surface area contributed by atoms with Crippen LogP contribution in [0.3, 0.4) is 0 Å². The molecule has 0 spiro atoms. The molecular weight excluding hydrogens is 344 g/mol. The van der Waals surface area contributed by atoms with Gasteiger partial charge in [0.05, 0.1) is 18.8 Å². The fourth-order valence-electron chi connectivity index (χ4n) is 3.25. The van der Waals surface area contributed by atoms with Crippen LogP contribution < -0.4 is 15.4 Å². The molecule has 1 amide bonds. The van der Waals surface area contributed by atoms with Gasteiger partial charge in [0, 0.05) is 12.2 Å². The van der Waals surface area contributed by atoms with Crippen LogP contribution in [0.2, 0.25) is 0 Å². The summed E-state index contributed by atoms with van der Waals surface area (Å²) in [6.07, 6.45) is 3.15. The highest BCUT2D eigenvalue weighted by Crippen LogP contribution is 2.25. The second-order valence-electron chi connectivity index (χ2n) is 6.53. The first-order valence-electron chi connectivity index (χ1n) is 8.74. The van der Waals surface area contributed by atoms with Gasteiger partial charge in [-0.25, -0.2) is 0 Å². The number of halogens is 1. The maximum atomic E-state index is 12.3. The molecule has 25 heavy (non-hydrogen) atoms. The van der Waals surface area contributed by atoms with Crippen molar-refractivity contribution in [3.8, 4) is 5.75 Å². The maximum Gasteiger partial charge on any atom is 0.244 e. The highest BCUT2D eigenvalue weighted by molar-refractivity contribution is 5.95. The summed E-state index contributed by atoms with van der Waals surface area (Å²) in [4.78, 5) is 12.3. The third-order valence-corrected chi connectivity index (χ3v) is 4.68. The van der Waals surface area contributed by atoms with Crippen LogP contribution in [0.25, 0.3) is 0 Å². The van der Waals surface area contributed by atoms with Crippen molar-refractivity contribution >= 4 is 24.0 Å². The second kappa shape index (κ2) is 9.38. The lowest BCUT2D eigenvalue weighted by Crippen LogP contribution is -2.53. The number of carbonyl (C=O) groups is 1. The molecule has 2 aliphatic rings. The normalized spacial score (nSPS) is 29.4. The predicted molar refractivity (Wildman–Crippen MR) is 98.4 cm³/mol. The Hall–Kier alpha value is -1.34. The van der Waals surface area contributed by atoms with Crippen molar-refractivity contribution in [2.75, 3.05) is 18.5 Å². The van der Waals surface area contributed by atoms with Crippen LogP contribution in [0.1, 0.15) is 32.6 Å². The number of aliphatic hydroxyl groups is 1. The summed E-state index contributed by atoms with van der Waals surface area (Å²) in [5, 5.41) is 16.0. The van der Waals surface area contributed by atoms with Gasteiger partial charge < -0.3 is 25.2 Å². The average molecular weight is 371 g/mol. The van der Waals surface area contributed by atoms with Gasteiger partial charge in [-0.3, -0.25) is 4.79 Å². The summed E-state index contributed by atoms with van der Waals surface area (Å²) >= 11 is 0. The summed E-state index contributed by atoms with van der Waals surface area (Å²) in [6.45, 7) is 3.20. The van der Waals surface area contributed by atoms with E-state index in [9.17, 15) is 9.90 Å². The van der Waals surface area contributed by atoms with Crippen LogP contribution in [-0.4, -0.2) is 48.5 Å². The number of morpholine rings is 1. The van der Waals surface area contributed by atoms with E-state index in [-0.39, 0.29) is 36.6 Å². The Morgan fingerprint density at radius 2 is 2.00 bits per heavy atom. The molecule has 1 aromatic rings. The van der Waals surface area contributed by atoms with Gasteiger partial charge in [-0.1, -0.05) is 6.42 Å². The Kier molecular flexibility index (Phi) is 7.50. The number of carbonyl (C=O) groups excluding carboxylic acids is 1. The summed E-state index contributed by atoms with van der Waals surface area (Å²) in [5.74, 6) is 0.616. The van der Waals surface area contributed by atoms with Crippen molar-refractivity contribution < 1.29 is 19.4 Å². The van der Waals surface area contributed by atoms with Crippen molar-refractivity contribution in [1.82, 2.24) is 5.32 Å². The average Bonchev–Trinajstić information content (AvgIpc) is 2.59. The predicted octanol–water partition coefficient (Wildman–Crippen LogP) is 2.11. The van der Waals surface area contributed by atoms with Crippen molar-refractivity contribution in [3.63, 3.8) is 0 Å². The topological polar surface area (TPSA) is 79.8 Å². The van der Waals surface area contributed by atoms with Gasteiger partial charge in [-0.2, -0.15) is 0 Å². The molecule has 0 radical (unpaired) electrons. The Balaban J connectivity index is 0.00000225. The van der Waals surface area contributed by atoms with Crippen molar-refractivity contribution in [2.24, 2.45) is 0 Å². The van der Waals surface area contributed by atoms with Gasteiger partial charge in [0.25, 0.3) is 0 Å². The van der Waals surface area contributed by atoms with Crippen LogP contribution >= 0.6 is 12.4 Å². The monoisotopic (exact) mass is 370 g/mol. The lowest BCUT2D eigenvalue weighted by Gasteiger charge is -2.29. The first-order valence-corrected chi connectivity index (χ1v) is 8.74. The van der Waals surface area contributed by atoms with Crippen LogP contribution in [0, 0.1) is 0 Å². The number of hydrogen-bond acceptors (Lipinski definition) is 5. The van der Waals surface area contributed by atoms with Crippen LogP contribution in [-0.2, 0) is 9.53 Å². The Morgan fingerprint density at radius 3 is 2.68 bits per heavy atom. The molecular formula is C18H27ClN2O4. The van der Waals surface area contributed by atoms with Crippen LogP contribution in [0.4, 0.5) is 5.69 Å². The van der Waals surface area contributed by atoms with Crippen molar-refractivity contribution in [1.29, 1.82) is 0 Å². The lowest BCUT2D eigenvalue weighted by molar-refractivity contribution is -0.123. The van der Waals surface area contributed by atoms with E-state index in [0.29, 0.717) is 18.9 Å². The lowest BCUT2D eigenvalue weighted by atomic mass is 9.95. The van der Waals surface area contributed by atoms with Gasteiger partial charge in [-0.15, -0.1) is 12.4 Å². The van der Waals surface area contributed by atoms with E-state index in [2.05, 4.69) is 10.6 Å². The fraction of sp³-hybridized carbons (Fsp3) is 0.611. The molecule has 1 aromatic carbocycles. The Labute approximate surface area is 154 Å². The SMILES string of the molecule is C[C@H]1OCCN[C@@H]1C(=O)Nc1ccc(OC2CCCCC2O)cc1.Cl. The maximum absolute atomic E-state index is 12.3. The minimum absolute atomic E-state index is 0. The quantitative estimate of drug-likeness (QED) is 0.756. The van der Waals surface area contributed by atoms with E-state index in [4.69, 9.17) is 9.47 Å². The number of aliphatic hydroxyl groups excluding tert-OH is 1. The molecule has 1 saturated carbocycles. The molecule has 3 rings (SSSR count). The molecule has 2 unspecified atom stereocenters. The largest absolute Gasteiger partial charge is 0.488 e. The molecule has 140 valence electrons. The van der Waals surface area contributed by atoms with Gasteiger partial charge in [-0.05, 0) is 50.5 Å². The zero-order valence-corrected chi connectivity index (χ0v) is 15.3. The first kappa shape index (κ1) is 20.0. The molecule has 1 heterocycles. The summed E-state index contributed by atoms with van der Waals surface area (Å²) in [6, 6.07) is 6.94. The molecule has 4 atom stereocenters. The molecule has 1 saturated heterocycles. The molecule has 6 nitrogen and oxygen atoms in total. The first-order chi connectivity index (χ1) is 11.6. The minimum Gasteiger partial charge on any atom is -0.488 e. The van der Waals surface area contributed by atoms with Crippen LogP contribution in [0.5, 0.6) is 5.75 Å². The van der Waals surface area contributed by atoms with E-state index in [1.807, 2.05) is 31.2 Å². The van der Waals surface area contributed by atoms with E-state index in [1.54, 1.807) is 0 Å². The van der Waals surface area contributed by atoms with E-state index < -0.39 is 6.10 Å². The molecule has 1 aliphatic carbocycles. The van der Waals surface area contributed by atoms with Crippen molar-refractivity contribution in [2.45, 2.75) is 57.0 Å². The van der Waals surface area contributed by atoms with Gasteiger partial charge in [0.15, 0.2) is 0 Å².